The molecule has 1 aliphatic heterocycles. The number of nitrogens with zero attached hydrogens (tertiary/aromatic N) is 3. The molecular formula is C17H22N4O2. The van der Waals surface area contributed by atoms with Gasteiger partial charge in [-0.2, -0.15) is 0 Å². The number of hydrogen-bond donors (Lipinski definition) is 1. The van der Waals surface area contributed by atoms with Crippen LogP contribution in [-0.2, 0) is 17.8 Å². The molecule has 1 aromatic carbocycles. The third-order valence-electron chi connectivity index (χ3n) is 3.86. The van der Waals surface area contributed by atoms with Crippen LogP contribution in [-0.4, -0.2) is 48.3 Å². The van der Waals surface area contributed by atoms with Crippen LogP contribution in [0, 0.1) is 0 Å². The second-order valence-corrected chi connectivity index (χ2v) is 5.50. The highest BCUT2D eigenvalue weighted by Crippen LogP contribution is 2.13. The number of nitrogens with one attached hydrogen (secondary N) is 1. The molecule has 1 fully saturated rings. The van der Waals surface area contributed by atoms with Gasteiger partial charge < -0.3 is 14.8 Å². The van der Waals surface area contributed by atoms with Gasteiger partial charge in [-0.15, -0.1) is 0 Å². The molecule has 0 amide bonds. The molecule has 23 heavy (non-hydrogen) atoms. The van der Waals surface area contributed by atoms with Crippen molar-refractivity contribution in [1.82, 2.24) is 14.9 Å². The van der Waals surface area contributed by atoms with Crippen LogP contribution >= 0.6 is 0 Å². The number of morpholine rings is 1. The Kier molecular flexibility index (Phi) is 5.39. The van der Waals surface area contributed by atoms with Gasteiger partial charge in [0, 0.05) is 32.2 Å². The van der Waals surface area contributed by atoms with Crippen LogP contribution in [0.3, 0.4) is 0 Å². The van der Waals surface area contributed by atoms with Gasteiger partial charge in [-0.3, -0.25) is 4.90 Å². The van der Waals surface area contributed by atoms with E-state index >= 15 is 0 Å². The largest absolute Gasteiger partial charge is 0.481 e. The maximum atomic E-state index is 5.38. The smallest absolute Gasteiger partial charge is 0.218 e. The van der Waals surface area contributed by atoms with Crippen molar-refractivity contribution in [2.75, 3.05) is 38.7 Å². The van der Waals surface area contributed by atoms with Crippen molar-refractivity contribution in [1.29, 1.82) is 0 Å². The zero-order chi connectivity index (χ0) is 15.9. The molecule has 0 radical (unpaired) electrons. The molecule has 1 saturated heterocycles. The molecular weight excluding hydrogens is 292 g/mol. The zero-order valence-electron chi connectivity index (χ0n) is 13.4. The van der Waals surface area contributed by atoms with Gasteiger partial charge in [-0.05, 0) is 11.1 Å². The summed E-state index contributed by atoms with van der Waals surface area (Å²) in [7, 11) is 1.60. The van der Waals surface area contributed by atoms with Crippen LogP contribution in [0.2, 0.25) is 0 Å². The fourth-order valence-corrected chi connectivity index (χ4v) is 2.52. The fourth-order valence-electron chi connectivity index (χ4n) is 2.52. The van der Waals surface area contributed by atoms with Gasteiger partial charge in [-0.25, -0.2) is 9.97 Å². The van der Waals surface area contributed by atoms with E-state index in [0.717, 1.165) is 45.2 Å². The molecule has 1 aliphatic rings. The van der Waals surface area contributed by atoms with E-state index < -0.39 is 0 Å². The predicted molar refractivity (Wildman–Crippen MR) is 88.4 cm³/mol. The van der Waals surface area contributed by atoms with Crippen molar-refractivity contribution in [2.24, 2.45) is 0 Å². The van der Waals surface area contributed by atoms with Gasteiger partial charge in [-0.1, -0.05) is 24.3 Å². The number of ether oxygens (including phenoxy) is 2. The van der Waals surface area contributed by atoms with E-state index in [0.29, 0.717) is 5.88 Å². The van der Waals surface area contributed by atoms with Crippen LogP contribution < -0.4 is 10.1 Å². The molecule has 0 bridgehead atoms. The summed E-state index contributed by atoms with van der Waals surface area (Å²) in [6.45, 7) is 5.41. The Labute approximate surface area is 136 Å². The molecule has 0 atom stereocenters. The number of anilines is 1. The van der Waals surface area contributed by atoms with Crippen LogP contribution in [0.5, 0.6) is 5.88 Å². The number of rotatable bonds is 6. The minimum absolute atomic E-state index is 0.559. The summed E-state index contributed by atoms with van der Waals surface area (Å²) in [5.74, 6) is 1.32. The van der Waals surface area contributed by atoms with Crippen molar-refractivity contribution >= 4 is 5.82 Å². The molecule has 1 N–H and O–H groups in total. The van der Waals surface area contributed by atoms with E-state index in [4.69, 9.17) is 9.47 Å². The van der Waals surface area contributed by atoms with Crippen molar-refractivity contribution in [2.45, 2.75) is 13.1 Å². The van der Waals surface area contributed by atoms with Crippen molar-refractivity contribution < 1.29 is 9.47 Å². The summed E-state index contributed by atoms with van der Waals surface area (Å²) >= 11 is 0. The second-order valence-electron chi connectivity index (χ2n) is 5.50. The summed E-state index contributed by atoms with van der Waals surface area (Å²) in [5.41, 5.74) is 2.55. The Morgan fingerprint density at radius 2 is 1.87 bits per heavy atom. The van der Waals surface area contributed by atoms with E-state index in [1.807, 2.05) is 0 Å². The first-order chi connectivity index (χ1) is 11.3. The molecule has 3 rings (SSSR count). The van der Waals surface area contributed by atoms with Gasteiger partial charge >= 0.3 is 0 Å². The van der Waals surface area contributed by atoms with E-state index in [1.54, 1.807) is 13.2 Å². The van der Waals surface area contributed by atoms with Gasteiger partial charge in [0.15, 0.2) is 0 Å². The molecule has 2 aromatic rings. The highest BCUT2D eigenvalue weighted by atomic mass is 16.5. The lowest BCUT2D eigenvalue weighted by atomic mass is 10.1. The summed E-state index contributed by atoms with van der Waals surface area (Å²) in [5, 5.41) is 3.28. The minimum atomic E-state index is 0.559. The number of hydrogen-bond acceptors (Lipinski definition) is 6. The molecule has 1 aromatic heterocycles. The Hall–Kier alpha value is -2.18. The molecule has 0 saturated carbocycles. The predicted octanol–water partition coefficient (Wildman–Crippen LogP) is 1.93. The Bertz CT molecular complexity index is 612. The Balaban J connectivity index is 1.52. The summed E-state index contributed by atoms with van der Waals surface area (Å²) in [4.78, 5) is 10.6. The molecule has 6 nitrogen and oxygen atoms in total. The molecule has 0 spiro atoms. The average molecular weight is 314 g/mol. The minimum Gasteiger partial charge on any atom is -0.481 e. The summed E-state index contributed by atoms with van der Waals surface area (Å²) < 4.78 is 10.5. The summed E-state index contributed by atoms with van der Waals surface area (Å²) in [6.07, 6.45) is 1.49. The lowest BCUT2D eigenvalue weighted by Crippen LogP contribution is -2.35. The first-order valence-corrected chi connectivity index (χ1v) is 7.81. The van der Waals surface area contributed by atoms with Gasteiger partial charge in [0.25, 0.3) is 0 Å². The van der Waals surface area contributed by atoms with Gasteiger partial charge in [0.05, 0.1) is 20.3 Å². The van der Waals surface area contributed by atoms with Gasteiger partial charge in [0.1, 0.15) is 12.1 Å². The quantitative estimate of drug-likeness (QED) is 0.879. The molecule has 6 heteroatoms. The Morgan fingerprint density at radius 1 is 1.13 bits per heavy atom. The third-order valence-corrected chi connectivity index (χ3v) is 3.86. The first kappa shape index (κ1) is 15.7. The molecule has 2 heterocycles. The van der Waals surface area contributed by atoms with E-state index in [9.17, 15) is 0 Å². The molecule has 0 aliphatic carbocycles. The first-order valence-electron chi connectivity index (χ1n) is 7.81. The second kappa shape index (κ2) is 7.89. The monoisotopic (exact) mass is 314 g/mol. The van der Waals surface area contributed by atoms with Crippen molar-refractivity contribution in [3.8, 4) is 5.88 Å². The maximum absolute atomic E-state index is 5.38. The topological polar surface area (TPSA) is 59.5 Å². The molecule has 122 valence electrons. The van der Waals surface area contributed by atoms with Crippen LogP contribution in [0.4, 0.5) is 5.82 Å². The number of benzene rings is 1. The standard InChI is InChI=1S/C17H22N4O2/c1-22-17-10-16(19-13-20-17)18-11-14-2-4-15(5-3-14)12-21-6-8-23-9-7-21/h2-5,10,13H,6-9,11-12H2,1H3,(H,18,19,20). The van der Waals surface area contributed by atoms with E-state index in [1.165, 1.54) is 17.5 Å². The van der Waals surface area contributed by atoms with E-state index in [2.05, 4.69) is 44.5 Å². The third kappa shape index (κ3) is 4.64. The number of methoxy groups -OCH3 is 1. The normalized spacial score (nSPS) is 15.3. The lowest BCUT2D eigenvalue weighted by Gasteiger charge is -2.26. The van der Waals surface area contributed by atoms with Crippen molar-refractivity contribution in [3.05, 3.63) is 47.8 Å². The van der Waals surface area contributed by atoms with Gasteiger partial charge in [0.2, 0.25) is 5.88 Å². The van der Waals surface area contributed by atoms with Crippen molar-refractivity contribution in [3.63, 3.8) is 0 Å². The highest BCUT2D eigenvalue weighted by Gasteiger charge is 2.10. The number of aromatic nitrogens is 2. The Morgan fingerprint density at radius 3 is 2.61 bits per heavy atom. The van der Waals surface area contributed by atoms with E-state index in [-0.39, 0.29) is 0 Å². The van der Waals surface area contributed by atoms with Crippen LogP contribution in [0.25, 0.3) is 0 Å². The average Bonchev–Trinajstić information content (AvgIpc) is 2.62. The molecule has 0 unspecified atom stereocenters. The maximum Gasteiger partial charge on any atom is 0.218 e. The summed E-state index contributed by atoms with van der Waals surface area (Å²) in [6, 6.07) is 10.5. The van der Waals surface area contributed by atoms with Crippen LogP contribution in [0.1, 0.15) is 11.1 Å². The zero-order valence-corrected chi connectivity index (χ0v) is 13.4. The fraction of sp³-hybridized carbons (Fsp3) is 0.412. The SMILES string of the molecule is COc1cc(NCc2ccc(CN3CCOCC3)cc2)ncn1. The van der Waals surface area contributed by atoms with Crippen LogP contribution in [0.15, 0.2) is 36.7 Å². The highest BCUT2D eigenvalue weighted by molar-refractivity contribution is 5.38. The lowest BCUT2D eigenvalue weighted by molar-refractivity contribution is 0.0342.